The molecule has 0 aliphatic carbocycles. The summed E-state index contributed by atoms with van der Waals surface area (Å²) in [5.74, 6) is 2.23. The minimum absolute atomic E-state index is 0.0611. The quantitative estimate of drug-likeness (QED) is 0.793. The smallest absolute Gasteiger partial charge is 0.159 e. The second kappa shape index (κ2) is 6.51. The van der Waals surface area contributed by atoms with Gasteiger partial charge in [0, 0.05) is 49.2 Å². The van der Waals surface area contributed by atoms with Crippen molar-refractivity contribution < 1.29 is 9.52 Å². The van der Waals surface area contributed by atoms with Crippen molar-refractivity contribution in [2.75, 3.05) is 6.54 Å². The second-order valence-corrected chi connectivity index (χ2v) is 5.89. The van der Waals surface area contributed by atoms with Gasteiger partial charge in [0.2, 0.25) is 0 Å². The Balaban J connectivity index is 1.49. The summed E-state index contributed by atoms with van der Waals surface area (Å²) in [6, 6.07) is 7.58. The summed E-state index contributed by atoms with van der Waals surface area (Å²) in [7, 11) is 0. The first-order chi connectivity index (χ1) is 11.8. The van der Waals surface area contributed by atoms with E-state index >= 15 is 0 Å². The molecule has 24 heavy (non-hydrogen) atoms. The maximum atomic E-state index is 9.08. The Morgan fingerprint density at radius 1 is 1.12 bits per heavy atom. The highest BCUT2D eigenvalue weighted by Crippen LogP contribution is 2.22. The molecule has 4 heterocycles. The van der Waals surface area contributed by atoms with Crippen molar-refractivity contribution >= 4 is 0 Å². The fourth-order valence-electron chi connectivity index (χ4n) is 2.96. The predicted octanol–water partition coefficient (Wildman–Crippen LogP) is 2.18. The lowest BCUT2D eigenvalue weighted by molar-refractivity contribution is 0.207. The Hall–Kier alpha value is -2.57. The Morgan fingerprint density at radius 2 is 1.96 bits per heavy atom. The van der Waals surface area contributed by atoms with Crippen LogP contribution in [0.25, 0.3) is 11.4 Å². The molecule has 6 heteroatoms. The van der Waals surface area contributed by atoms with Crippen molar-refractivity contribution in [3.05, 3.63) is 65.6 Å². The second-order valence-electron chi connectivity index (χ2n) is 5.89. The van der Waals surface area contributed by atoms with Crippen molar-refractivity contribution in [3.63, 3.8) is 0 Å². The van der Waals surface area contributed by atoms with Crippen molar-refractivity contribution in [2.24, 2.45) is 0 Å². The van der Waals surface area contributed by atoms with E-state index in [1.165, 1.54) is 0 Å². The maximum absolute atomic E-state index is 9.08. The monoisotopic (exact) mass is 322 g/mol. The lowest BCUT2D eigenvalue weighted by Gasteiger charge is -2.27. The first-order valence-corrected chi connectivity index (χ1v) is 7.98. The molecule has 0 amide bonds. The number of aliphatic hydroxyl groups is 1. The summed E-state index contributed by atoms with van der Waals surface area (Å²) in [6.07, 6.45) is 6.32. The zero-order chi connectivity index (χ0) is 16.4. The molecule has 3 aromatic heterocycles. The summed E-state index contributed by atoms with van der Waals surface area (Å²) in [4.78, 5) is 15.6. The number of nitrogens with zero attached hydrogens (tertiary/aromatic N) is 4. The Morgan fingerprint density at radius 3 is 2.75 bits per heavy atom. The van der Waals surface area contributed by atoms with Crippen LogP contribution >= 0.6 is 0 Å². The molecule has 6 nitrogen and oxygen atoms in total. The molecular weight excluding hydrogens is 304 g/mol. The third-order valence-corrected chi connectivity index (χ3v) is 4.20. The number of furan rings is 1. The molecule has 0 atom stereocenters. The Labute approximate surface area is 139 Å². The molecule has 122 valence electrons. The average molecular weight is 322 g/mol. The highest BCUT2D eigenvalue weighted by Gasteiger charge is 2.19. The van der Waals surface area contributed by atoms with Gasteiger partial charge in [-0.25, -0.2) is 9.97 Å². The van der Waals surface area contributed by atoms with Crippen LogP contribution < -0.4 is 0 Å². The standard InChI is InChI=1S/C18H18N4O2/c23-12-16-2-1-15(24-16)11-22-8-5-17-14(10-22)9-20-18(21-17)13-3-6-19-7-4-13/h1-4,6-7,9,23H,5,8,10-12H2. The van der Waals surface area contributed by atoms with Crippen LogP contribution in [-0.4, -0.2) is 31.5 Å². The minimum Gasteiger partial charge on any atom is -0.462 e. The SMILES string of the molecule is OCc1ccc(CN2CCc3nc(-c4ccncc4)ncc3C2)o1. The molecule has 0 radical (unpaired) electrons. The van der Waals surface area contributed by atoms with E-state index in [0.717, 1.165) is 54.5 Å². The van der Waals surface area contributed by atoms with Crippen LogP contribution in [0.3, 0.4) is 0 Å². The van der Waals surface area contributed by atoms with E-state index in [9.17, 15) is 0 Å². The fourth-order valence-corrected chi connectivity index (χ4v) is 2.96. The van der Waals surface area contributed by atoms with Crippen molar-refractivity contribution in [3.8, 4) is 11.4 Å². The van der Waals surface area contributed by atoms with E-state index in [1.54, 1.807) is 12.4 Å². The van der Waals surface area contributed by atoms with E-state index in [-0.39, 0.29) is 6.61 Å². The number of hydrogen-bond acceptors (Lipinski definition) is 6. The van der Waals surface area contributed by atoms with Crippen molar-refractivity contribution in [2.45, 2.75) is 26.1 Å². The molecule has 1 aliphatic rings. The summed E-state index contributed by atoms with van der Waals surface area (Å²) < 4.78 is 5.57. The van der Waals surface area contributed by atoms with Crippen LogP contribution in [0.1, 0.15) is 22.8 Å². The van der Waals surface area contributed by atoms with E-state index < -0.39 is 0 Å². The van der Waals surface area contributed by atoms with Gasteiger partial charge in [0.05, 0.1) is 12.2 Å². The Kier molecular flexibility index (Phi) is 4.06. The third-order valence-electron chi connectivity index (χ3n) is 4.20. The van der Waals surface area contributed by atoms with Crippen LogP contribution in [0.2, 0.25) is 0 Å². The highest BCUT2D eigenvalue weighted by atomic mass is 16.4. The summed E-state index contributed by atoms with van der Waals surface area (Å²) in [5, 5.41) is 9.08. The maximum Gasteiger partial charge on any atom is 0.159 e. The van der Waals surface area contributed by atoms with E-state index in [0.29, 0.717) is 5.76 Å². The molecule has 0 aromatic carbocycles. The van der Waals surface area contributed by atoms with Gasteiger partial charge < -0.3 is 9.52 Å². The van der Waals surface area contributed by atoms with E-state index in [1.807, 2.05) is 30.5 Å². The van der Waals surface area contributed by atoms with Crippen LogP contribution in [0.5, 0.6) is 0 Å². The Bertz CT molecular complexity index is 832. The number of pyridine rings is 1. The van der Waals surface area contributed by atoms with Crippen LogP contribution in [-0.2, 0) is 26.1 Å². The summed E-state index contributed by atoms with van der Waals surface area (Å²) in [6.45, 7) is 2.40. The summed E-state index contributed by atoms with van der Waals surface area (Å²) in [5.41, 5.74) is 3.26. The van der Waals surface area contributed by atoms with Gasteiger partial charge >= 0.3 is 0 Å². The number of aliphatic hydroxyl groups excluding tert-OH is 1. The molecule has 0 spiro atoms. The van der Waals surface area contributed by atoms with Gasteiger partial charge in [-0.05, 0) is 24.3 Å². The molecule has 3 aromatic rings. The summed E-state index contributed by atoms with van der Waals surface area (Å²) >= 11 is 0. The van der Waals surface area contributed by atoms with Gasteiger partial charge in [0.1, 0.15) is 18.1 Å². The van der Waals surface area contributed by atoms with Gasteiger partial charge in [-0.15, -0.1) is 0 Å². The molecule has 1 aliphatic heterocycles. The number of rotatable bonds is 4. The van der Waals surface area contributed by atoms with Gasteiger partial charge in [0.15, 0.2) is 5.82 Å². The first-order valence-electron chi connectivity index (χ1n) is 7.98. The van der Waals surface area contributed by atoms with E-state index in [2.05, 4.69) is 14.9 Å². The van der Waals surface area contributed by atoms with Gasteiger partial charge in [-0.2, -0.15) is 0 Å². The molecular formula is C18H18N4O2. The van der Waals surface area contributed by atoms with Crippen molar-refractivity contribution in [1.82, 2.24) is 19.9 Å². The third kappa shape index (κ3) is 3.06. The van der Waals surface area contributed by atoms with Crippen LogP contribution in [0.15, 0.2) is 47.3 Å². The topological polar surface area (TPSA) is 75.3 Å². The molecule has 0 saturated carbocycles. The molecule has 1 N–H and O–H groups in total. The number of fused-ring (bicyclic) bond motifs is 1. The average Bonchev–Trinajstić information content (AvgIpc) is 3.09. The zero-order valence-corrected chi connectivity index (χ0v) is 13.2. The van der Waals surface area contributed by atoms with Crippen molar-refractivity contribution in [1.29, 1.82) is 0 Å². The van der Waals surface area contributed by atoms with Crippen LogP contribution in [0, 0.1) is 0 Å². The molecule has 4 rings (SSSR count). The molecule has 0 saturated heterocycles. The largest absolute Gasteiger partial charge is 0.462 e. The first kappa shape index (κ1) is 15.0. The van der Waals surface area contributed by atoms with Gasteiger partial charge in [-0.3, -0.25) is 9.88 Å². The highest BCUT2D eigenvalue weighted by molar-refractivity contribution is 5.54. The normalized spacial score (nSPS) is 14.5. The van der Waals surface area contributed by atoms with Crippen LogP contribution in [0.4, 0.5) is 0 Å². The van der Waals surface area contributed by atoms with Gasteiger partial charge in [-0.1, -0.05) is 0 Å². The molecule has 0 unspecified atom stereocenters. The predicted molar refractivity (Wildman–Crippen MR) is 87.7 cm³/mol. The van der Waals surface area contributed by atoms with E-state index in [4.69, 9.17) is 14.5 Å². The number of hydrogen-bond donors (Lipinski definition) is 1. The number of aromatic nitrogens is 3. The van der Waals surface area contributed by atoms with Gasteiger partial charge in [0.25, 0.3) is 0 Å². The molecule has 0 bridgehead atoms. The zero-order valence-electron chi connectivity index (χ0n) is 13.2. The molecule has 0 fully saturated rings. The minimum atomic E-state index is -0.0611. The lowest BCUT2D eigenvalue weighted by atomic mass is 10.1. The fraction of sp³-hybridized carbons (Fsp3) is 0.278. The lowest BCUT2D eigenvalue weighted by Crippen LogP contribution is -2.30.